The summed E-state index contributed by atoms with van der Waals surface area (Å²) in [4.78, 5) is -0.147. The van der Waals surface area contributed by atoms with Gasteiger partial charge < -0.3 is 4.74 Å². The molecule has 0 amide bonds. The van der Waals surface area contributed by atoms with Crippen molar-refractivity contribution in [1.82, 2.24) is 4.72 Å². The Bertz CT molecular complexity index is 1320. The van der Waals surface area contributed by atoms with Gasteiger partial charge in [-0.3, -0.25) is 5.01 Å². The van der Waals surface area contributed by atoms with Crippen molar-refractivity contribution >= 4 is 44.6 Å². The van der Waals surface area contributed by atoms with Crippen LogP contribution < -0.4 is 14.5 Å². The van der Waals surface area contributed by atoms with Crippen molar-refractivity contribution in [3.05, 3.63) is 88.2 Å². The lowest BCUT2D eigenvalue weighted by atomic mass is 10.0. The molecule has 0 bridgehead atoms. The van der Waals surface area contributed by atoms with Crippen molar-refractivity contribution in [2.24, 2.45) is 5.10 Å². The molecule has 10 heteroatoms. The molecule has 4 rings (SSSR count). The summed E-state index contributed by atoms with van der Waals surface area (Å²) < 4.78 is 46.8. The van der Waals surface area contributed by atoms with Gasteiger partial charge in [-0.25, -0.2) is 17.5 Å². The fourth-order valence-corrected chi connectivity index (χ4v) is 5.22. The molecular weight excluding hydrogens is 500 g/mol. The van der Waals surface area contributed by atoms with E-state index in [1.165, 1.54) is 18.2 Å². The van der Waals surface area contributed by atoms with Gasteiger partial charge in [-0.2, -0.15) is 5.10 Å². The highest BCUT2D eigenvalue weighted by molar-refractivity contribution is 7.89. The minimum atomic E-state index is -3.91. The van der Waals surface area contributed by atoms with Crippen LogP contribution in [0.3, 0.4) is 0 Å². The van der Waals surface area contributed by atoms with Crippen molar-refractivity contribution in [1.29, 1.82) is 0 Å². The van der Waals surface area contributed by atoms with E-state index in [1.807, 2.05) is 31.2 Å². The first-order valence-electron chi connectivity index (χ1n) is 10.6. The molecule has 0 aliphatic carbocycles. The second kappa shape index (κ2) is 10.3. The van der Waals surface area contributed by atoms with Crippen LogP contribution in [-0.2, 0) is 10.0 Å². The summed E-state index contributed by atoms with van der Waals surface area (Å²) in [5.41, 5.74) is 2.21. The molecule has 0 spiro atoms. The summed E-state index contributed by atoms with van der Waals surface area (Å²) in [6, 6.07) is 17.4. The van der Waals surface area contributed by atoms with E-state index >= 15 is 0 Å². The molecule has 0 saturated heterocycles. The summed E-state index contributed by atoms with van der Waals surface area (Å²) in [5.74, 6) is 0.129. The Kier molecular flexibility index (Phi) is 7.42. The standard InChI is InChI=1S/C24H22Cl2FN3O3S/c1-2-33-20-9-6-16(7-10-20)24-14-19(29-30(24)23-11-8-17(25)12-22(23)26)15-28-34(31,32)21-5-3-4-18(27)13-21/h3-13,24,28H,2,14-15H2,1H3. The van der Waals surface area contributed by atoms with Crippen LogP contribution in [0.2, 0.25) is 10.0 Å². The maximum Gasteiger partial charge on any atom is 0.241 e. The molecule has 1 unspecified atom stereocenters. The largest absolute Gasteiger partial charge is 0.494 e. The molecule has 1 heterocycles. The Morgan fingerprint density at radius 2 is 1.88 bits per heavy atom. The average molecular weight is 522 g/mol. The van der Waals surface area contributed by atoms with Crippen molar-refractivity contribution in [2.45, 2.75) is 24.3 Å². The summed E-state index contributed by atoms with van der Waals surface area (Å²) in [5, 5.41) is 7.36. The number of rotatable bonds is 8. The van der Waals surface area contributed by atoms with Gasteiger partial charge in [0.25, 0.3) is 0 Å². The molecule has 1 aliphatic heterocycles. The molecule has 0 aromatic heterocycles. The lowest BCUT2D eigenvalue weighted by Crippen LogP contribution is -2.29. The Morgan fingerprint density at radius 1 is 1.12 bits per heavy atom. The number of benzene rings is 3. The Morgan fingerprint density at radius 3 is 2.56 bits per heavy atom. The van der Waals surface area contributed by atoms with Crippen LogP contribution in [0.25, 0.3) is 0 Å². The number of hydrazone groups is 1. The second-order valence-electron chi connectivity index (χ2n) is 7.61. The average Bonchev–Trinajstić information content (AvgIpc) is 3.22. The third kappa shape index (κ3) is 5.52. The number of nitrogens with one attached hydrogen (secondary N) is 1. The van der Waals surface area contributed by atoms with Crippen LogP contribution in [-0.4, -0.2) is 27.3 Å². The minimum Gasteiger partial charge on any atom is -0.494 e. The van der Waals surface area contributed by atoms with E-state index < -0.39 is 15.8 Å². The molecule has 34 heavy (non-hydrogen) atoms. The maximum absolute atomic E-state index is 13.5. The first kappa shape index (κ1) is 24.5. The monoisotopic (exact) mass is 521 g/mol. The SMILES string of the molecule is CCOc1ccc(C2CC(CNS(=O)(=O)c3cccc(F)c3)=NN2c2ccc(Cl)cc2Cl)cc1. The van der Waals surface area contributed by atoms with Gasteiger partial charge >= 0.3 is 0 Å². The fourth-order valence-electron chi connectivity index (χ4n) is 3.68. The molecule has 1 aliphatic rings. The molecule has 6 nitrogen and oxygen atoms in total. The molecule has 1 N–H and O–H groups in total. The van der Waals surface area contributed by atoms with E-state index in [1.54, 1.807) is 23.2 Å². The van der Waals surface area contributed by atoms with Gasteiger partial charge in [0.2, 0.25) is 10.0 Å². The summed E-state index contributed by atoms with van der Waals surface area (Å²) >= 11 is 12.5. The number of sulfonamides is 1. The molecule has 3 aromatic rings. The minimum absolute atomic E-state index is 0.0336. The van der Waals surface area contributed by atoms with Gasteiger partial charge in [-0.1, -0.05) is 41.4 Å². The van der Waals surface area contributed by atoms with E-state index in [9.17, 15) is 12.8 Å². The zero-order valence-corrected chi connectivity index (χ0v) is 20.5. The predicted octanol–water partition coefficient (Wildman–Crippen LogP) is 5.82. The summed E-state index contributed by atoms with van der Waals surface area (Å²) in [7, 11) is -3.91. The van der Waals surface area contributed by atoms with Crippen LogP contribution >= 0.6 is 23.2 Å². The van der Waals surface area contributed by atoms with E-state index in [0.717, 1.165) is 17.4 Å². The molecule has 1 atom stereocenters. The van der Waals surface area contributed by atoms with E-state index in [-0.39, 0.29) is 17.5 Å². The Hall–Kier alpha value is -2.65. The quantitative estimate of drug-likeness (QED) is 0.405. The van der Waals surface area contributed by atoms with Crippen LogP contribution in [0.5, 0.6) is 5.75 Å². The predicted molar refractivity (Wildman–Crippen MR) is 133 cm³/mol. The number of nitrogens with zero attached hydrogens (tertiary/aromatic N) is 2. The molecule has 178 valence electrons. The maximum atomic E-state index is 13.5. The lowest BCUT2D eigenvalue weighted by molar-refractivity contribution is 0.340. The van der Waals surface area contributed by atoms with Gasteiger partial charge in [0.05, 0.1) is 40.5 Å². The Balaban J connectivity index is 1.60. The fraction of sp³-hybridized carbons (Fsp3) is 0.208. The molecule has 0 radical (unpaired) electrons. The summed E-state index contributed by atoms with van der Waals surface area (Å²) in [6.07, 6.45) is 0.457. The van der Waals surface area contributed by atoms with Crippen LogP contribution in [0, 0.1) is 5.82 Å². The summed E-state index contributed by atoms with van der Waals surface area (Å²) in [6.45, 7) is 2.45. The third-order valence-corrected chi connectivity index (χ3v) is 7.22. The Labute approximate surface area is 208 Å². The first-order chi connectivity index (χ1) is 16.3. The normalized spacial score (nSPS) is 15.9. The topological polar surface area (TPSA) is 71.0 Å². The lowest BCUT2D eigenvalue weighted by Gasteiger charge is -2.25. The first-order valence-corrected chi connectivity index (χ1v) is 12.8. The second-order valence-corrected chi connectivity index (χ2v) is 10.2. The number of anilines is 1. The number of halogens is 3. The molecule has 0 fully saturated rings. The zero-order valence-electron chi connectivity index (χ0n) is 18.2. The number of hydrogen-bond donors (Lipinski definition) is 1. The van der Waals surface area contributed by atoms with Gasteiger partial charge in [-0.05, 0) is 61.0 Å². The van der Waals surface area contributed by atoms with Gasteiger partial charge in [-0.15, -0.1) is 0 Å². The third-order valence-electron chi connectivity index (χ3n) is 5.28. The van der Waals surface area contributed by atoms with Crippen LogP contribution in [0.1, 0.15) is 24.9 Å². The van der Waals surface area contributed by atoms with Crippen LogP contribution in [0.4, 0.5) is 10.1 Å². The van der Waals surface area contributed by atoms with Gasteiger partial charge in [0.1, 0.15) is 11.6 Å². The van der Waals surface area contributed by atoms with Crippen molar-refractivity contribution in [3.63, 3.8) is 0 Å². The zero-order chi connectivity index (χ0) is 24.3. The molecule has 0 saturated carbocycles. The van der Waals surface area contributed by atoms with Crippen molar-refractivity contribution < 1.29 is 17.5 Å². The van der Waals surface area contributed by atoms with E-state index in [4.69, 9.17) is 27.9 Å². The van der Waals surface area contributed by atoms with Gasteiger partial charge in [0, 0.05) is 11.4 Å². The van der Waals surface area contributed by atoms with Gasteiger partial charge in [0.15, 0.2) is 0 Å². The van der Waals surface area contributed by atoms with Crippen LogP contribution in [0.15, 0.2) is 76.7 Å². The highest BCUT2D eigenvalue weighted by Crippen LogP contribution is 2.40. The van der Waals surface area contributed by atoms with Crippen molar-refractivity contribution in [3.8, 4) is 5.75 Å². The highest BCUT2D eigenvalue weighted by Gasteiger charge is 2.31. The smallest absolute Gasteiger partial charge is 0.241 e. The highest BCUT2D eigenvalue weighted by atomic mass is 35.5. The number of ether oxygens (including phenoxy) is 1. The number of hydrogen-bond acceptors (Lipinski definition) is 5. The molecular formula is C24H22Cl2FN3O3S. The van der Waals surface area contributed by atoms with E-state index in [0.29, 0.717) is 34.5 Å². The van der Waals surface area contributed by atoms with E-state index in [2.05, 4.69) is 9.82 Å². The van der Waals surface area contributed by atoms with Crippen molar-refractivity contribution in [2.75, 3.05) is 18.2 Å². The molecule has 3 aromatic carbocycles.